The van der Waals surface area contributed by atoms with E-state index in [-0.39, 0.29) is 0 Å². The maximum Gasteiger partial charge on any atom is 0.192 e. The molecule has 0 spiro atoms. The van der Waals surface area contributed by atoms with Crippen LogP contribution in [0.4, 0.5) is 5.69 Å². The second kappa shape index (κ2) is 4.40. The third kappa shape index (κ3) is 2.28. The first-order valence-electron chi connectivity index (χ1n) is 6.42. The molecule has 0 aliphatic heterocycles. The fraction of sp³-hybridized carbons (Fsp3) is 0.500. The lowest BCUT2D eigenvalue weighted by atomic mass is 10.1. The average molecular weight is 230 g/mol. The molecule has 1 saturated carbocycles. The molecule has 3 heteroatoms. The van der Waals surface area contributed by atoms with Crippen LogP contribution < -0.4 is 5.32 Å². The zero-order chi connectivity index (χ0) is 11.7. The van der Waals surface area contributed by atoms with Crippen LogP contribution in [0, 0.1) is 12.8 Å². The Bertz CT molecular complexity index is 512. The summed E-state index contributed by atoms with van der Waals surface area (Å²) in [5.41, 5.74) is 2.96. The standard InChI is InChI=1S/C14H18N2O/c1-10-16-13-8-12(6-7-14(13)17-10)15-9-11-4-2-3-5-11/h6-8,11,15H,2-5,9H2,1H3. The van der Waals surface area contributed by atoms with Crippen LogP contribution in [0.25, 0.3) is 11.1 Å². The van der Waals surface area contributed by atoms with Crippen LogP contribution in [-0.4, -0.2) is 11.5 Å². The van der Waals surface area contributed by atoms with E-state index in [2.05, 4.69) is 22.4 Å². The number of aromatic nitrogens is 1. The number of hydrogen-bond acceptors (Lipinski definition) is 3. The van der Waals surface area contributed by atoms with Gasteiger partial charge in [0, 0.05) is 19.2 Å². The van der Waals surface area contributed by atoms with E-state index in [4.69, 9.17) is 4.42 Å². The third-order valence-corrected chi connectivity index (χ3v) is 3.56. The van der Waals surface area contributed by atoms with Crippen molar-refractivity contribution in [2.75, 3.05) is 11.9 Å². The molecule has 1 aliphatic rings. The summed E-state index contributed by atoms with van der Waals surface area (Å²) in [6.45, 7) is 2.97. The van der Waals surface area contributed by atoms with Gasteiger partial charge in [-0.25, -0.2) is 4.98 Å². The van der Waals surface area contributed by atoms with Crippen LogP contribution in [0.2, 0.25) is 0 Å². The zero-order valence-corrected chi connectivity index (χ0v) is 10.2. The van der Waals surface area contributed by atoms with Crippen LogP contribution in [0.1, 0.15) is 31.6 Å². The van der Waals surface area contributed by atoms with Crippen molar-refractivity contribution < 1.29 is 4.42 Å². The Hall–Kier alpha value is -1.51. The van der Waals surface area contributed by atoms with E-state index in [0.717, 1.165) is 35.1 Å². The molecule has 0 unspecified atom stereocenters. The Kier molecular flexibility index (Phi) is 2.75. The predicted molar refractivity (Wildman–Crippen MR) is 69.2 cm³/mol. The summed E-state index contributed by atoms with van der Waals surface area (Å²) in [5.74, 6) is 1.58. The average Bonchev–Trinajstić information content (AvgIpc) is 2.92. The van der Waals surface area contributed by atoms with Crippen molar-refractivity contribution in [3.05, 3.63) is 24.1 Å². The van der Waals surface area contributed by atoms with Gasteiger partial charge < -0.3 is 9.73 Å². The van der Waals surface area contributed by atoms with Crippen molar-refractivity contribution in [2.45, 2.75) is 32.6 Å². The van der Waals surface area contributed by atoms with Gasteiger partial charge in [0.15, 0.2) is 11.5 Å². The third-order valence-electron chi connectivity index (χ3n) is 3.56. The van der Waals surface area contributed by atoms with Gasteiger partial charge >= 0.3 is 0 Å². The highest BCUT2D eigenvalue weighted by atomic mass is 16.3. The monoisotopic (exact) mass is 230 g/mol. The highest BCUT2D eigenvalue weighted by Gasteiger charge is 2.14. The van der Waals surface area contributed by atoms with Gasteiger partial charge in [-0.2, -0.15) is 0 Å². The highest BCUT2D eigenvalue weighted by molar-refractivity contribution is 5.77. The molecule has 0 bridgehead atoms. The largest absolute Gasteiger partial charge is 0.441 e. The van der Waals surface area contributed by atoms with Crippen LogP contribution >= 0.6 is 0 Å². The molecule has 1 aromatic heterocycles. The smallest absolute Gasteiger partial charge is 0.192 e. The molecule has 1 aromatic carbocycles. The summed E-state index contributed by atoms with van der Waals surface area (Å²) in [4.78, 5) is 4.35. The number of nitrogens with one attached hydrogen (secondary N) is 1. The summed E-state index contributed by atoms with van der Waals surface area (Å²) < 4.78 is 5.46. The highest BCUT2D eigenvalue weighted by Crippen LogP contribution is 2.25. The van der Waals surface area contributed by atoms with Gasteiger partial charge in [-0.3, -0.25) is 0 Å². The molecular weight excluding hydrogens is 212 g/mol. The minimum absolute atomic E-state index is 0.730. The quantitative estimate of drug-likeness (QED) is 0.872. The lowest BCUT2D eigenvalue weighted by Crippen LogP contribution is -2.10. The molecule has 1 fully saturated rings. The van der Waals surface area contributed by atoms with Gasteiger partial charge in [-0.05, 0) is 37.0 Å². The number of benzene rings is 1. The van der Waals surface area contributed by atoms with Crippen molar-refractivity contribution in [1.29, 1.82) is 0 Å². The molecule has 90 valence electrons. The number of rotatable bonds is 3. The van der Waals surface area contributed by atoms with Crippen LogP contribution in [0.5, 0.6) is 0 Å². The molecule has 2 aromatic rings. The van der Waals surface area contributed by atoms with E-state index in [1.54, 1.807) is 0 Å². The summed E-state index contributed by atoms with van der Waals surface area (Å²) in [6.07, 6.45) is 5.54. The van der Waals surface area contributed by atoms with Crippen molar-refractivity contribution in [2.24, 2.45) is 5.92 Å². The molecule has 1 aliphatic carbocycles. The minimum Gasteiger partial charge on any atom is -0.441 e. The van der Waals surface area contributed by atoms with E-state index in [0.29, 0.717) is 0 Å². The lowest BCUT2D eigenvalue weighted by Gasteiger charge is -2.11. The molecular formula is C14H18N2O. The summed E-state index contributed by atoms with van der Waals surface area (Å²) in [5, 5.41) is 3.51. The first-order chi connectivity index (χ1) is 8.31. The number of hydrogen-bond donors (Lipinski definition) is 1. The zero-order valence-electron chi connectivity index (χ0n) is 10.2. The van der Waals surface area contributed by atoms with Gasteiger partial charge in [-0.1, -0.05) is 12.8 Å². The fourth-order valence-electron chi connectivity index (χ4n) is 2.63. The van der Waals surface area contributed by atoms with E-state index in [9.17, 15) is 0 Å². The van der Waals surface area contributed by atoms with Crippen LogP contribution in [-0.2, 0) is 0 Å². The number of aryl methyl sites for hydroxylation is 1. The van der Waals surface area contributed by atoms with E-state index in [1.165, 1.54) is 25.7 Å². The molecule has 3 nitrogen and oxygen atoms in total. The molecule has 0 atom stereocenters. The Morgan fingerprint density at radius 3 is 3.00 bits per heavy atom. The second-order valence-corrected chi connectivity index (χ2v) is 4.95. The summed E-state index contributed by atoms with van der Waals surface area (Å²) >= 11 is 0. The number of anilines is 1. The molecule has 17 heavy (non-hydrogen) atoms. The van der Waals surface area contributed by atoms with Gasteiger partial charge in [0.05, 0.1) is 0 Å². The Labute approximate surface area is 101 Å². The summed E-state index contributed by atoms with van der Waals surface area (Å²) in [6, 6.07) is 6.13. The number of nitrogens with zero attached hydrogens (tertiary/aromatic N) is 1. The Morgan fingerprint density at radius 2 is 2.18 bits per heavy atom. The van der Waals surface area contributed by atoms with E-state index >= 15 is 0 Å². The topological polar surface area (TPSA) is 38.1 Å². The first-order valence-corrected chi connectivity index (χ1v) is 6.42. The lowest BCUT2D eigenvalue weighted by molar-refractivity contribution is 0.561. The first kappa shape index (κ1) is 10.6. The summed E-state index contributed by atoms with van der Waals surface area (Å²) in [7, 11) is 0. The molecule has 0 radical (unpaired) electrons. The van der Waals surface area contributed by atoms with Crippen molar-refractivity contribution in [3.8, 4) is 0 Å². The van der Waals surface area contributed by atoms with Crippen molar-refractivity contribution in [1.82, 2.24) is 4.98 Å². The van der Waals surface area contributed by atoms with E-state index < -0.39 is 0 Å². The van der Waals surface area contributed by atoms with Gasteiger partial charge in [0.25, 0.3) is 0 Å². The predicted octanol–water partition coefficient (Wildman–Crippen LogP) is 3.74. The minimum atomic E-state index is 0.730. The normalized spacial score (nSPS) is 16.8. The van der Waals surface area contributed by atoms with Gasteiger partial charge in [0.2, 0.25) is 0 Å². The maximum atomic E-state index is 5.46. The molecule has 1 heterocycles. The maximum absolute atomic E-state index is 5.46. The van der Waals surface area contributed by atoms with Crippen molar-refractivity contribution in [3.63, 3.8) is 0 Å². The molecule has 0 amide bonds. The van der Waals surface area contributed by atoms with Crippen molar-refractivity contribution >= 4 is 16.8 Å². The number of oxazole rings is 1. The second-order valence-electron chi connectivity index (χ2n) is 4.95. The van der Waals surface area contributed by atoms with Crippen LogP contribution in [0.15, 0.2) is 22.6 Å². The molecule has 0 saturated heterocycles. The van der Waals surface area contributed by atoms with Gasteiger partial charge in [0.1, 0.15) is 5.52 Å². The molecule has 3 rings (SSSR count). The SMILES string of the molecule is Cc1nc2cc(NCC3CCCC3)ccc2o1. The fourth-order valence-corrected chi connectivity index (χ4v) is 2.63. The number of fused-ring (bicyclic) bond motifs is 1. The van der Waals surface area contributed by atoms with Crippen LogP contribution in [0.3, 0.4) is 0 Å². The Morgan fingerprint density at radius 1 is 1.35 bits per heavy atom. The molecule has 1 N–H and O–H groups in total. The Balaban J connectivity index is 1.71. The van der Waals surface area contributed by atoms with Gasteiger partial charge in [-0.15, -0.1) is 0 Å². The van der Waals surface area contributed by atoms with E-state index in [1.807, 2.05) is 13.0 Å².